The molecule has 21 heavy (non-hydrogen) atoms. The first-order valence-electron chi connectivity index (χ1n) is 6.21. The van der Waals surface area contributed by atoms with E-state index >= 15 is 0 Å². The number of rotatable bonds is 5. The smallest absolute Gasteiger partial charge is 0.258 e. The average Bonchev–Trinajstić information content (AvgIpc) is 2.46. The van der Waals surface area contributed by atoms with Crippen molar-refractivity contribution in [2.75, 3.05) is 5.88 Å². The zero-order valence-electron chi connectivity index (χ0n) is 11.2. The number of aromatic nitrogens is 1. The van der Waals surface area contributed by atoms with E-state index < -0.39 is 20.0 Å². The van der Waals surface area contributed by atoms with Gasteiger partial charge in [-0.15, -0.1) is 11.6 Å². The van der Waals surface area contributed by atoms with Crippen LogP contribution in [-0.2, 0) is 9.84 Å². The number of halogens is 1. The quantitative estimate of drug-likeness (QED) is 0.478. The molecule has 0 saturated carbocycles. The number of nitro groups is 1. The van der Waals surface area contributed by atoms with E-state index in [9.17, 15) is 18.5 Å². The van der Waals surface area contributed by atoms with Crippen LogP contribution >= 0.6 is 11.6 Å². The first-order chi connectivity index (χ1) is 9.89. The summed E-state index contributed by atoms with van der Waals surface area (Å²) in [5.41, 5.74) is -0.0461. The maximum absolute atomic E-state index is 12.5. The minimum atomic E-state index is -3.64. The summed E-state index contributed by atoms with van der Waals surface area (Å²) in [4.78, 5) is 14.5. The van der Waals surface area contributed by atoms with Crippen LogP contribution in [0, 0.1) is 10.1 Å². The van der Waals surface area contributed by atoms with Crippen molar-refractivity contribution in [3.05, 3.63) is 40.6 Å². The highest BCUT2D eigenvalue weighted by atomic mass is 35.5. The van der Waals surface area contributed by atoms with E-state index in [1.54, 1.807) is 6.92 Å². The van der Waals surface area contributed by atoms with Crippen LogP contribution < -0.4 is 0 Å². The lowest BCUT2D eigenvalue weighted by Gasteiger charge is -2.13. The summed E-state index contributed by atoms with van der Waals surface area (Å²) in [6.07, 6.45) is 1.71. The molecule has 0 aliphatic rings. The van der Waals surface area contributed by atoms with E-state index in [2.05, 4.69) is 4.98 Å². The third-order valence-corrected chi connectivity index (χ3v) is 5.71. The van der Waals surface area contributed by atoms with E-state index in [1.165, 1.54) is 30.5 Å². The number of non-ortho nitro benzene ring substituents is 1. The van der Waals surface area contributed by atoms with Gasteiger partial charge in [-0.3, -0.25) is 15.1 Å². The minimum absolute atomic E-state index is 0.00122. The molecule has 1 unspecified atom stereocenters. The van der Waals surface area contributed by atoms with Crippen LogP contribution in [0.4, 0.5) is 5.69 Å². The molecule has 0 N–H and O–H groups in total. The molecule has 1 heterocycles. The Bertz CT molecular complexity index is 792. The van der Waals surface area contributed by atoms with E-state index in [0.717, 1.165) is 0 Å². The average molecular weight is 329 g/mol. The summed E-state index contributed by atoms with van der Waals surface area (Å²) in [7, 11) is -3.64. The van der Waals surface area contributed by atoms with E-state index in [1.807, 2.05) is 0 Å². The predicted molar refractivity (Wildman–Crippen MR) is 80.4 cm³/mol. The highest BCUT2D eigenvalue weighted by Gasteiger charge is 2.27. The van der Waals surface area contributed by atoms with Crippen LogP contribution in [-0.4, -0.2) is 29.5 Å². The van der Waals surface area contributed by atoms with E-state index in [4.69, 9.17) is 11.6 Å². The third kappa shape index (κ3) is 2.84. The lowest BCUT2D eigenvalue weighted by Crippen LogP contribution is -2.19. The lowest BCUT2D eigenvalue weighted by molar-refractivity contribution is -0.383. The van der Waals surface area contributed by atoms with Crippen LogP contribution in [0.25, 0.3) is 10.9 Å². The molecule has 2 rings (SSSR count). The Morgan fingerprint density at radius 2 is 2.10 bits per heavy atom. The summed E-state index contributed by atoms with van der Waals surface area (Å²) in [5, 5.41) is 10.6. The van der Waals surface area contributed by atoms with Gasteiger partial charge in [-0.2, -0.15) is 0 Å². The largest absolute Gasteiger partial charge is 0.278 e. The fourth-order valence-electron chi connectivity index (χ4n) is 2.05. The summed E-state index contributed by atoms with van der Waals surface area (Å²) in [6, 6.07) is 5.47. The fraction of sp³-hybridized carbons (Fsp3) is 0.308. The first kappa shape index (κ1) is 15.7. The van der Waals surface area contributed by atoms with Crippen LogP contribution in [0.5, 0.6) is 0 Å². The van der Waals surface area contributed by atoms with Crippen molar-refractivity contribution in [1.82, 2.24) is 4.98 Å². The molecule has 1 atom stereocenters. The Morgan fingerprint density at radius 3 is 2.71 bits per heavy atom. The van der Waals surface area contributed by atoms with Crippen molar-refractivity contribution in [1.29, 1.82) is 0 Å². The molecule has 112 valence electrons. The number of fused-ring (bicyclic) bond motifs is 1. The van der Waals surface area contributed by atoms with Crippen molar-refractivity contribution in [2.45, 2.75) is 23.5 Å². The molecule has 0 aliphatic carbocycles. The van der Waals surface area contributed by atoms with Gasteiger partial charge in [0.2, 0.25) is 0 Å². The Balaban J connectivity index is 2.72. The molecule has 0 bridgehead atoms. The Kier molecular flexibility index (Phi) is 4.43. The van der Waals surface area contributed by atoms with Crippen LogP contribution in [0.2, 0.25) is 0 Å². The van der Waals surface area contributed by atoms with Gasteiger partial charge in [-0.25, -0.2) is 8.42 Å². The minimum Gasteiger partial charge on any atom is -0.258 e. The number of hydrogen-bond donors (Lipinski definition) is 0. The Hall–Kier alpha value is -1.73. The number of pyridine rings is 1. The first-order valence-corrected chi connectivity index (χ1v) is 8.29. The Labute approximate surface area is 126 Å². The zero-order valence-corrected chi connectivity index (χ0v) is 12.8. The lowest BCUT2D eigenvalue weighted by atomic mass is 10.2. The number of sulfone groups is 1. The van der Waals surface area contributed by atoms with Gasteiger partial charge in [0.05, 0.1) is 26.0 Å². The number of alkyl halides is 1. The monoisotopic (exact) mass is 328 g/mol. The molecule has 0 aliphatic heterocycles. The van der Waals surface area contributed by atoms with Gasteiger partial charge in [0, 0.05) is 18.1 Å². The maximum atomic E-state index is 12.5. The molecule has 0 radical (unpaired) electrons. The molecule has 1 aromatic carbocycles. The molecule has 0 spiro atoms. The SMILES string of the molecule is CC(CCCl)S(=O)(=O)c1ccc([N+](=O)[O-])c2cccnc12. The second kappa shape index (κ2) is 5.95. The van der Waals surface area contributed by atoms with Gasteiger partial charge in [-0.05, 0) is 31.5 Å². The normalized spacial score (nSPS) is 13.2. The van der Waals surface area contributed by atoms with E-state index in [0.29, 0.717) is 6.42 Å². The van der Waals surface area contributed by atoms with Crippen LogP contribution in [0.1, 0.15) is 13.3 Å². The van der Waals surface area contributed by atoms with Crippen molar-refractivity contribution in [3.63, 3.8) is 0 Å². The fourth-order valence-corrected chi connectivity index (χ4v) is 4.05. The third-order valence-electron chi connectivity index (χ3n) is 3.26. The summed E-state index contributed by atoms with van der Waals surface area (Å²) in [5.74, 6) is 0.221. The molecule has 0 fully saturated rings. The molecule has 6 nitrogen and oxygen atoms in total. The topological polar surface area (TPSA) is 90.2 Å². The highest BCUT2D eigenvalue weighted by Crippen LogP contribution is 2.31. The number of benzene rings is 1. The molecule has 1 aromatic heterocycles. The van der Waals surface area contributed by atoms with E-state index in [-0.39, 0.29) is 27.4 Å². The zero-order chi connectivity index (χ0) is 15.6. The molecular formula is C13H13ClN2O4S. The second-order valence-electron chi connectivity index (χ2n) is 4.57. The Morgan fingerprint density at radius 1 is 1.38 bits per heavy atom. The molecule has 0 saturated heterocycles. The molecular weight excluding hydrogens is 316 g/mol. The van der Waals surface area contributed by atoms with Crippen molar-refractivity contribution in [3.8, 4) is 0 Å². The van der Waals surface area contributed by atoms with Crippen molar-refractivity contribution < 1.29 is 13.3 Å². The van der Waals surface area contributed by atoms with Gasteiger partial charge in [-0.1, -0.05) is 0 Å². The molecule has 8 heteroatoms. The summed E-state index contributed by atoms with van der Waals surface area (Å²) in [6.45, 7) is 1.56. The van der Waals surface area contributed by atoms with Crippen molar-refractivity contribution >= 4 is 38.0 Å². The second-order valence-corrected chi connectivity index (χ2v) is 7.29. The van der Waals surface area contributed by atoms with Gasteiger partial charge >= 0.3 is 0 Å². The standard InChI is InChI=1S/C13H13ClN2O4S/c1-9(6-7-14)21(19,20)12-5-4-11(16(17)18)10-3-2-8-15-13(10)12/h2-5,8-9H,6-7H2,1H3. The number of nitrogens with zero attached hydrogens (tertiary/aromatic N) is 2. The van der Waals surface area contributed by atoms with Gasteiger partial charge < -0.3 is 0 Å². The summed E-state index contributed by atoms with van der Waals surface area (Å²) < 4.78 is 25.1. The predicted octanol–water partition coefficient (Wildman–Crippen LogP) is 2.93. The van der Waals surface area contributed by atoms with Crippen LogP contribution in [0.15, 0.2) is 35.4 Å². The van der Waals surface area contributed by atoms with Crippen LogP contribution in [0.3, 0.4) is 0 Å². The van der Waals surface area contributed by atoms with Gasteiger partial charge in [0.25, 0.3) is 5.69 Å². The molecule has 0 amide bonds. The number of nitro benzene ring substituents is 1. The maximum Gasteiger partial charge on any atom is 0.278 e. The summed E-state index contributed by atoms with van der Waals surface area (Å²) >= 11 is 5.61. The van der Waals surface area contributed by atoms with Gasteiger partial charge in [0.15, 0.2) is 9.84 Å². The number of hydrogen-bond acceptors (Lipinski definition) is 5. The highest BCUT2D eigenvalue weighted by molar-refractivity contribution is 7.92. The molecule has 2 aromatic rings. The van der Waals surface area contributed by atoms with Crippen molar-refractivity contribution in [2.24, 2.45) is 0 Å². The van der Waals surface area contributed by atoms with Gasteiger partial charge in [0.1, 0.15) is 0 Å².